The van der Waals surface area contributed by atoms with Gasteiger partial charge in [0.25, 0.3) is 5.91 Å². The highest BCUT2D eigenvalue weighted by Crippen LogP contribution is 2.30. The number of hydrogen-bond donors (Lipinski definition) is 1. The third kappa shape index (κ3) is 3.37. The predicted molar refractivity (Wildman–Crippen MR) is 76.0 cm³/mol. The van der Waals surface area contributed by atoms with Crippen LogP contribution in [0.4, 0.5) is 0 Å². The van der Waals surface area contributed by atoms with Crippen molar-refractivity contribution in [2.45, 2.75) is 59.0 Å². The first-order chi connectivity index (χ1) is 9.11. The van der Waals surface area contributed by atoms with E-state index in [4.69, 9.17) is 0 Å². The maximum atomic E-state index is 12.2. The van der Waals surface area contributed by atoms with Crippen molar-refractivity contribution in [1.82, 2.24) is 15.1 Å². The molecule has 1 saturated carbocycles. The molecule has 1 aromatic rings. The van der Waals surface area contributed by atoms with Crippen LogP contribution in [0.3, 0.4) is 0 Å². The van der Waals surface area contributed by atoms with Gasteiger partial charge in [-0.2, -0.15) is 5.10 Å². The minimum Gasteiger partial charge on any atom is -0.348 e. The maximum Gasteiger partial charge on any atom is 0.269 e. The largest absolute Gasteiger partial charge is 0.348 e. The Hall–Kier alpha value is -1.32. The highest BCUT2D eigenvalue weighted by molar-refractivity contribution is 5.92. The number of nitrogens with one attached hydrogen (secondary N) is 1. The second-order valence-electron chi connectivity index (χ2n) is 5.81. The molecule has 19 heavy (non-hydrogen) atoms. The summed E-state index contributed by atoms with van der Waals surface area (Å²) < 4.78 is 1.74. The molecule has 106 valence electrons. The molecule has 0 aromatic carbocycles. The van der Waals surface area contributed by atoms with E-state index < -0.39 is 0 Å². The van der Waals surface area contributed by atoms with E-state index in [1.54, 1.807) is 16.9 Å². The topological polar surface area (TPSA) is 46.9 Å². The Morgan fingerprint density at radius 3 is 2.79 bits per heavy atom. The molecule has 1 aromatic heterocycles. The second kappa shape index (κ2) is 6.22. The highest BCUT2D eigenvalue weighted by atomic mass is 16.2. The third-order valence-electron chi connectivity index (χ3n) is 4.38. The molecule has 0 saturated heterocycles. The summed E-state index contributed by atoms with van der Waals surface area (Å²) in [6, 6.07) is 2.04. The first-order valence-electron chi connectivity index (χ1n) is 7.44. The normalized spacial score (nSPS) is 25.0. The molecule has 1 N–H and O–H groups in total. The first kappa shape index (κ1) is 14.1. The number of rotatable bonds is 4. The summed E-state index contributed by atoms with van der Waals surface area (Å²) in [5.41, 5.74) is 0.665. The van der Waals surface area contributed by atoms with Crippen molar-refractivity contribution in [2.24, 2.45) is 11.8 Å². The van der Waals surface area contributed by atoms with Crippen molar-refractivity contribution in [2.75, 3.05) is 0 Å². The lowest BCUT2D eigenvalue weighted by molar-refractivity contribution is 0.0904. The van der Waals surface area contributed by atoms with Crippen molar-refractivity contribution in [3.63, 3.8) is 0 Å². The van der Waals surface area contributed by atoms with Gasteiger partial charge in [-0.05, 0) is 44.6 Å². The van der Waals surface area contributed by atoms with Gasteiger partial charge in [0.15, 0.2) is 0 Å². The monoisotopic (exact) mass is 263 g/mol. The maximum absolute atomic E-state index is 12.2. The molecule has 1 aliphatic rings. The fraction of sp³-hybridized carbons (Fsp3) is 0.733. The van der Waals surface area contributed by atoms with Crippen molar-refractivity contribution < 1.29 is 4.79 Å². The molecule has 4 nitrogen and oxygen atoms in total. The molecule has 1 unspecified atom stereocenters. The minimum absolute atomic E-state index is 0.00507. The fourth-order valence-electron chi connectivity index (χ4n) is 2.96. The molecule has 0 bridgehead atoms. The average Bonchev–Trinajstić information content (AvgIpc) is 2.87. The molecule has 1 atom stereocenters. The van der Waals surface area contributed by atoms with E-state index in [2.05, 4.69) is 24.3 Å². The Balaban J connectivity index is 1.91. The lowest BCUT2D eigenvalue weighted by atomic mass is 9.80. The number of nitrogens with zero attached hydrogens (tertiary/aromatic N) is 2. The summed E-state index contributed by atoms with van der Waals surface area (Å²) in [6.07, 6.45) is 6.73. The van der Waals surface area contributed by atoms with E-state index >= 15 is 0 Å². The van der Waals surface area contributed by atoms with Gasteiger partial charge < -0.3 is 5.32 Å². The zero-order valence-corrected chi connectivity index (χ0v) is 12.2. The SMILES string of the molecule is CCn1nccc1C(=O)NC(C)C1CCC(C)CC1. The fourth-order valence-corrected chi connectivity index (χ4v) is 2.96. The first-order valence-corrected chi connectivity index (χ1v) is 7.44. The Morgan fingerprint density at radius 1 is 1.47 bits per heavy atom. The van der Waals surface area contributed by atoms with Crippen LogP contribution in [-0.4, -0.2) is 21.7 Å². The summed E-state index contributed by atoms with van der Waals surface area (Å²) >= 11 is 0. The molecular formula is C15H25N3O. The molecule has 1 amide bonds. The minimum atomic E-state index is 0.00507. The smallest absolute Gasteiger partial charge is 0.269 e. The number of aromatic nitrogens is 2. The summed E-state index contributed by atoms with van der Waals surface area (Å²) in [6.45, 7) is 7.17. The van der Waals surface area contributed by atoms with Crippen LogP contribution in [0.2, 0.25) is 0 Å². The van der Waals surface area contributed by atoms with Crippen molar-refractivity contribution in [1.29, 1.82) is 0 Å². The third-order valence-corrected chi connectivity index (χ3v) is 4.38. The molecule has 1 heterocycles. The zero-order chi connectivity index (χ0) is 13.8. The molecule has 4 heteroatoms. The summed E-state index contributed by atoms with van der Waals surface area (Å²) in [5, 5.41) is 7.28. The number of carbonyl (C=O) groups excluding carboxylic acids is 1. The summed E-state index contributed by atoms with van der Waals surface area (Å²) in [5.74, 6) is 1.48. The van der Waals surface area contributed by atoms with Crippen LogP contribution < -0.4 is 5.32 Å². The van der Waals surface area contributed by atoms with Gasteiger partial charge in [0.2, 0.25) is 0 Å². The van der Waals surface area contributed by atoms with Crippen molar-refractivity contribution >= 4 is 5.91 Å². The molecule has 1 aliphatic carbocycles. The number of hydrogen-bond acceptors (Lipinski definition) is 2. The summed E-state index contributed by atoms with van der Waals surface area (Å²) in [4.78, 5) is 12.2. The zero-order valence-electron chi connectivity index (χ0n) is 12.2. The Morgan fingerprint density at radius 2 is 2.16 bits per heavy atom. The number of amides is 1. The molecule has 2 rings (SSSR count). The van der Waals surface area contributed by atoms with Gasteiger partial charge in [-0.15, -0.1) is 0 Å². The van der Waals surface area contributed by atoms with E-state index in [1.807, 2.05) is 6.92 Å². The Bertz CT molecular complexity index is 419. The van der Waals surface area contributed by atoms with E-state index in [9.17, 15) is 4.79 Å². The second-order valence-corrected chi connectivity index (χ2v) is 5.81. The number of carbonyl (C=O) groups is 1. The molecule has 1 fully saturated rings. The van der Waals surface area contributed by atoms with E-state index in [0.29, 0.717) is 11.6 Å². The molecule has 0 spiro atoms. The lowest BCUT2D eigenvalue weighted by Gasteiger charge is -2.31. The van der Waals surface area contributed by atoms with E-state index in [1.165, 1.54) is 25.7 Å². The standard InChI is InChI=1S/C15H25N3O/c1-4-18-14(9-10-16-18)15(19)17-12(3)13-7-5-11(2)6-8-13/h9-13H,4-8H2,1-3H3,(H,17,19). The van der Waals surface area contributed by atoms with E-state index in [-0.39, 0.29) is 11.9 Å². The molecule has 0 aliphatic heterocycles. The van der Waals surface area contributed by atoms with Gasteiger partial charge in [-0.1, -0.05) is 19.8 Å². The number of aryl methyl sites for hydroxylation is 1. The average molecular weight is 263 g/mol. The van der Waals surface area contributed by atoms with Crippen LogP contribution >= 0.6 is 0 Å². The van der Waals surface area contributed by atoms with Crippen molar-refractivity contribution in [3.8, 4) is 0 Å². The Labute approximate surface area is 115 Å². The van der Waals surface area contributed by atoms with Gasteiger partial charge in [0.05, 0.1) is 0 Å². The summed E-state index contributed by atoms with van der Waals surface area (Å²) in [7, 11) is 0. The van der Waals surface area contributed by atoms with Crippen LogP contribution in [0.1, 0.15) is 56.9 Å². The van der Waals surface area contributed by atoms with Crippen molar-refractivity contribution in [3.05, 3.63) is 18.0 Å². The van der Waals surface area contributed by atoms with Gasteiger partial charge in [0, 0.05) is 18.8 Å². The van der Waals surface area contributed by atoms with Gasteiger partial charge >= 0.3 is 0 Å². The van der Waals surface area contributed by atoms with Gasteiger partial charge in [-0.25, -0.2) is 0 Å². The molecular weight excluding hydrogens is 238 g/mol. The van der Waals surface area contributed by atoms with Gasteiger partial charge in [0.1, 0.15) is 5.69 Å². The van der Waals surface area contributed by atoms with Crippen LogP contribution in [0, 0.1) is 11.8 Å². The van der Waals surface area contributed by atoms with E-state index in [0.717, 1.165) is 12.5 Å². The highest BCUT2D eigenvalue weighted by Gasteiger charge is 2.25. The van der Waals surface area contributed by atoms with Gasteiger partial charge in [-0.3, -0.25) is 9.48 Å². The van der Waals surface area contributed by atoms with Crippen LogP contribution in [0.15, 0.2) is 12.3 Å². The predicted octanol–water partition coefficient (Wildman–Crippen LogP) is 2.85. The quantitative estimate of drug-likeness (QED) is 0.908. The van der Waals surface area contributed by atoms with Crippen LogP contribution in [-0.2, 0) is 6.54 Å². The van der Waals surface area contributed by atoms with Crippen LogP contribution in [0.5, 0.6) is 0 Å². The lowest BCUT2D eigenvalue weighted by Crippen LogP contribution is -2.40. The van der Waals surface area contributed by atoms with Crippen LogP contribution in [0.25, 0.3) is 0 Å². The molecule has 0 radical (unpaired) electrons. The Kier molecular flexibility index (Phi) is 4.61.